The van der Waals surface area contributed by atoms with E-state index in [0.717, 1.165) is 4.90 Å². The SMILES string of the molecule is NC1C(=O)N2C(C(=O)O)=C(NC(=O)N3CCOCC3)CS[C@@H]12. The Bertz CT molecular complexity index is 560. The zero-order chi connectivity index (χ0) is 15.9. The van der Waals surface area contributed by atoms with Crippen LogP contribution in [-0.4, -0.2) is 76.3 Å². The van der Waals surface area contributed by atoms with Crippen LogP contribution in [0.4, 0.5) is 4.79 Å². The lowest BCUT2D eigenvalue weighted by Gasteiger charge is -2.47. The highest BCUT2D eigenvalue weighted by molar-refractivity contribution is 8.00. The van der Waals surface area contributed by atoms with Gasteiger partial charge in [-0.15, -0.1) is 11.8 Å². The van der Waals surface area contributed by atoms with Gasteiger partial charge in [-0.1, -0.05) is 0 Å². The number of thioether (sulfide) groups is 1. The summed E-state index contributed by atoms with van der Waals surface area (Å²) in [5.74, 6) is -1.39. The highest BCUT2D eigenvalue weighted by atomic mass is 32.2. The number of carboxylic acids is 1. The number of urea groups is 1. The van der Waals surface area contributed by atoms with Crippen LogP contribution < -0.4 is 11.1 Å². The van der Waals surface area contributed by atoms with Crippen LogP contribution in [-0.2, 0) is 14.3 Å². The molecule has 3 aliphatic heterocycles. The number of rotatable bonds is 2. The van der Waals surface area contributed by atoms with E-state index in [2.05, 4.69) is 5.32 Å². The van der Waals surface area contributed by atoms with E-state index in [0.29, 0.717) is 32.1 Å². The first-order valence-corrected chi connectivity index (χ1v) is 7.86. The number of nitrogens with two attached hydrogens (primary N) is 1. The molecule has 2 fully saturated rings. The van der Waals surface area contributed by atoms with Gasteiger partial charge in [0.15, 0.2) is 5.70 Å². The van der Waals surface area contributed by atoms with Gasteiger partial charge in [-0.3, -0.25) is 9.69 Å². The number of aliphatic carboxylic acids is 1. The molecule has 10 heteroatoms. The van der Waals surface area contributed by atoms with Crippen LogP contribution in [0.5, 0.6) is 0 Å². The van der Waals surface area contributed by atoms with Crippen molar-refractivity contribution in [2.24, 2.45) is 5.73 Å². The molecule has 0 aromatic rings. The Kier molecular flexibility index (Phi) is 3.98. The zero-order valence-electron chi connectivity index (χ0n) is 11.7. The monoisotopic (exact) mass is 328 g/mol. The summed E-state index contributed by atoms with van der Waals surface area (Å²) in [5.41, 5.74) is 5.71. The Balaban J connectivity index is 1.79. The summed E-state index contributed by atoms with van der Waals surface area (Å²) >= 11 is 1.34. The second-order valence-electron chi connectivity index (χ2n) is 5.10. The van der Waals surface area contributed by atoms with Crippen LogP contribution in [0, 0.1) is 0 Å². The first-order valence-electron chi connectivity index (χ1n) is 6.81. The molecule has 0 aromatic heterocycles. The van der Waals surface area contributed by atoms with Gasteiger partial charge in [0.1, 0.15) is 11.4 Å². The van der Waals surface area contributed by atoms with Gasteiger partial charge in [0.25, 0.3) is 0 Å². The van der Waals surface area contributed by atoms with Crippen LogP contribution in [0.25, 0.3) is 0 Å². The van der Waals surface area contributed by atoms with E-state index in [1.807, 2.05) is 0 Å². The van der Waals surface area contributed by atoms with Crippen LogP contribution in [0.3, 0.4) is 0 Å². The van der Waals surface area contributed by atoms with Gasteiger partial charge in [0.05, 0.1) is 18.9 Å². The third-order valence-electron chi connectivity index (χ3n) is 3.77. The molecule has 3 heterocycles. The van der Waals surface area contributed by atoms with Crippen molar-refractivity contribution in [1.82, 2.24) is 15.1 Å². The molecular weight excluding hydrogens is 312 g/mol. The normalized spacial score (nSPS) is 28.1. The molecule has 120 valence electrons. The van der Waals surface area contributed by atoms with Crippen molar-refractivity contribution in [3.05, 3.63) is 11.4 Å². The number of β-lactam (4-membered cyclic amide) rings is 1. The number of carbonyl (C=O) groups excluding carboxylic acids is 2. The lowest BCUT2D eigenvalue weighted by Crippen LogP contribution is -2.69. The summed E-state index contributed by atoms with van der Waals surface area (Å²) < 4.78 is 5.17. The average Bonchev–Trinajstić information content (AvgIpc) is 2.54. The molecule has 0 bridgehead atoms. The third-order valence-corrected chi connectivity index (χ3v) is 5.07. The van der Waals surface area contributed by atoms with Crippen molar-refractivity contribution < 1.29 is 24.2 Å². The number of nitrogens with zero attached hydrogens (tertiary/aromatic N) is 2. The summed E-state index contributed by atoms with van der Waals surface area (Å²) in [5, 5.41) is 11.6. The predicted molar refractivity (Wildman–Crippen MR) is 76.7 cm³/mol. The van der Waals surface area contributed by atoms with Crippen LogP contribution >= 0.6 is 11.8 Å². The summed E-state index contributed by atoms with van der Waals surface area (Å²) in [6, 6.07) is -1.07. The summed E-state index contributed by atoms with van der Waals surface area (Å²) in [6.07, 6.45) is 0. The van der Waals surface area contributed by atoms with E-state index >= 15 is 0 Å². The number of ether oxygens (including phenoxy) is 1. The van der Waals surface area contributed by atoms with Gasteiger partial charge in [-0.25, -0.2) is 9.59 Å². The predicted octanol–water partition coefficient (Wildman–Crippen LogP) is -1.43. The van der Waals surface area contributed by atoms with E-state index in [9.17, 15) is 19.5 Å². The third kappa shape index (κ3) is 2.42. The van der Waals surface area contributed by atoms with E-state index in [4.69, 9.17) is 10.5 Å². The Morgan fingerprint density at radius 2 is 2.05 bits per heavy atom. The number of fused-ring (bicyclic) bond motifs is 1. The highest BCUT2D eigenvalue weighted by Gasteiger charge is 2.52. The minimum atomic E-state index is -1.25. The largest absolute Gasteiger partial charge is 0.477 e. The molecule has 3 amide bonds. The number of amides is 3. The first kappa shape index (κ1) is 15.1. The van der Waals surface area contributed by atoms with Crippen molar-refractivity contribution in [2.45, 2.75) is 11.4 Å². The van der Waals surface area contributed by atoms with Gasteiger partial charge in [-0.2, -0.15) is 0 Å². The molecule has 9 nitrogen and oxygen atoms in total. The zero-order valence-corrected chi connectivity index (χ0v) is 12.5. The Labute approximate surface area is 130 Å². The van der Waals surface area contributed by atoms with Crippen molar-refractivity contribution in [1.29, 1.82) is 0 Å². The standard InChI is InChI=1S/C12H16N4O5S/c13-7-9(17)16-8(11(18)19)6(5-22-10(7)16)14-12(20)15-1-3-21-4-2-15/h7,10H,1-5,13H2,(H,14,20)(H,18,19)/t7?,10-/m0/s1. The van der Waals surface area contributed by atoms with Crippen LogP contribution in [0.15, 0.2) is 11.4 Å². The molecule has 4 N–H and O–H groups in total. The number of morpholine rings is 1. The van der Waals surface area contributed by atoms with E-state index in [-0.39, 0.29) is 22.8 Å². The minimum absolute atomic E-state index is 0.183. The van der Waals surface area contributed by atoms with Gasteiger partial charge in [0, 0.05) is 18.8 Å². The van der Waals surface area contributed by atoms with Gasteiger partial charge in [-0.05, 0) is 0 Å². The summed E-state index contributed by atoms with van der Waals surface area (Å²) in [4.78, 5) is 38.2. The first-order chi connectivity index (χ1) is 10.5. The number of nitrogens with one attached hydrogen (secondary N) is 1. The molecule has 0 spiro atoms. The molecule has 0 radical (unpaired) electrons. The molecule has 3 aliphatic rings. The molecule has 0 aromatic carbocycles. The fraction of sp³-hybridized carbons (Fsp3) is 0.583. The second-order valence-corrected chi connectivity index (χ2v) is 6.20. The van der Waals surface area contributed by atoms with Crippen LogP contribution in [0.2, 0.25) is 0 Å². The molecule has 22 heavy (non-hydrogen) atoms. The Hall–Kier alpha value is -1.78. The average molecular weight is 328 g/mol. The molecule has 1 unspecified atom stereocenters. The Morgan fingerprint density at radius 3 is 2.68 bits per heavy atom. The van der Waals surface area contributed by atoms with Crippen molar-refractivity contribution in [3.63, 3.8) is 0 Å². The molecule has 3 rings (SSSR count). The quantitative estimate of drug-likeness (QED) is 0.530. The van der Waals surface area contributed by atoms with Gasteiger partial charge >= 0.3 is 12.0 Å². The van der Waals surface area contributed by atoms with E-state index in [1.54, 1.807) is 4.90 Å². The van der Waals surface area contributed by atoms with Crippen molar-refractivity contribution in [2.75, 3.05) is 32.1 Å². The lowest BCUT2D eigenvalue weighted by molar-refractivity contribution is -0.148. The maximum atomic E-state index is 12.2. The summed E-state index contributed by atoms with van der Waals surface area (Å²) in [6.45, 7) is 1.80. The van der Waals surface area contributed by atoms with Crippen molar-refractivity contribution in [3.8, 4) is 0 Å². The number of hydrogen-bond acceptors (Lipinski definition) is 6. The van der Waals surface area contributed by atoms with Gasteiger partial charge < -0.3 is 25.8 Å². The molecule has 2 saturated heterocycles. The maximum absolute atomic E-state index is 12.2. The van der Waals surface area contributed by atoms with E-state index in [1.165, 1.54) is 11.8 Å². The fourth-order valence-corrected chi connectivity index (χ4v) is 3.81. The Morgan fingerprint density at radius 1 is 1.36 bits per heavy atom. The number of carbonyl (C=O) groups is 3. The smallest absolute Gasteiger partial charge is 0.354 e. The number of carboxylic acid groups (broad SMARTS) is 1. The summed E-state index contributed by atoms with van der Waals surface area (Å²) in [7, 11) is 0. The fourth-order valence-electron chi connectivity index (χ4n) is 2.59. The maximum Gasteiger partial charge on any atom is 0.354 e. The molecule has 2 atom stereocenters. The molecular formula is C12H16N4O5S. The molecule has 0 saturated carbocycles. The number of hydrogen-bond donors (Lipinski definition) is 3. The van der Waals surface area contributed by atoms with Crippen LogP contribution in [0.1, 0.15) is 0 Å². The van der Waals surface area contributed by atoms with E-state index < -0.39 is 17.9 Å². The topological polar surface area (TPSA) is 125 Å². The minimum Gasteiger partial charge on any atom is -0.477 e. The second kappa shape index (κ2) is 5.78. The molecule has 0 aliphatic carbocycles. The van der Waals surface area contributed by atoms with Crippen molar-refractivity contribution >= 4 is 29.7 Å². The highest BCUT2D eigenvalue weighted by Crippen LogP contribution is 2.38. The lowest BCUT2D eigenvalue weighted by atomic mass is 10.1. The van der Waals surface area contributed by atoms with Gasteiger partial charge in [0.2, 0.25) is 5.91 Å².